The number of halogens is 2. The summed E-state index contributed by atoms with van der Waals surface area (Å²) in [6, 6.07) is 9.67. The van der Waals surface area contributed by atoms with Gasteiger partial charge in [0, 0.05) is 25.7 Å². The highest BCUT2D eigenvalue weighted by molar-refractivity contribution is 7.89. The Kier molecular flexibility index (Phi) is 8.37. The van der Waals surface area contributed by atoms with Crippen LogP contribution < -0.4 is 4.72 Å². The molecule has 0 aromatic heterocycles. The lowest BCUT2D eigenvalue weighted by Gasteiger charge is -2.25. The van der Waals surface area contributed by atoms with Crippen LogP contribution in [0.25, 0.3) is 0 Å². The molecule has 0 bridgehead atoms. The quantitative estimate of drug-likeness (QED) is 0.629. The fourth-order valence-corrected chi connectivity index (χ4v) is 4.24. The Morgan fingerprint density at radius 2 is 1.73 bits per heavy atom. The third-order valence-corrected chi connectivity index (χ3v) is 6.25. The third-order valence-electron chi connectivity index (χ3n) is 4.26. The van der Waals surface area contributed by atoms with Crippen LogP contribution >= 0.6 is 11.6 Å². The molecule has 6 nitrogen and oxygen atoms in total. The Hall–Kier alpha value is -2.00. The Bertz CT molecular complexity index is 979. The van der Waals surface area contributed by atoms with E-state index in [-0.39, 0.29) is 33.9 Å². The first-order chi connectivity index (χ1) is 14.0. The summed E-state index contributed by atoms with van der Waals surface area (Å²) in [5, 5.41) is 0.164. The lowest BCUT2D eigenvalue weighted by Crippen LogP contribution is -2.36. The summed E-state index contributed by atoms with van der Waals surface area (Å²) in [6.45, 7) is 4.65. The number of nitrogens with zero attached hydrogens (tertiary/aromatic N) is 2. The number of sulfonamides is 1. The lowest BCUT2D eigenvalue weighted by atomic mass is 10.1. The molecule has 2 aromatic rings. The fraction of sp³-hybridized carbons (Fsp3) is 0.381. The molecular formula is C21H27ClFN3O3S. The second kappa shape index (κ2) is 10.3. The molecular weight excluding hydrogens is 429 g/mol. The molecule has 0 fully saturated rings. The summed E-state index contributed by atoms with van der Waals surface area (Å²) in [4.78, 5) is 16.8. The Labute approximate surface area is 182 Å². The van der Waals surface area contributed by atoms with Gasteiger partial charge in [0.25, 0.3) is 5.91 Å². The monoisotopic (exact) mass is 455 g/mol. The molecule has 0 unspecified atom stereocenters. The van der Waals surface area contributed by atoms with Crippen molar-refractivity contribution in [2.24, 2.45) is 0 Å². The van der Waals surface area contributed by atoms with Crippen LogP contribution in [0, 0.1) is 5.82 Å². The highest BCUT2D eigenvalue weighted by atomic mass is 35.5. The van der Waals surface area contributed by atoms with E-state index in [4.69, 9.17) is 11.6 Å². The molecule has 0 radical (unpaired) electrons. The molecule has 0 saturated heterocycles. The number of hydrogen-bond acceptors (Lipinski definition) is 4. The zero-order valence-electron chi connectivity index (χ0n) is 17.5. The van der Waals surface area contributed by atoms with Crippen LogP contribution in [0.3, 0.4) is 0 Å². The van der Waals surface area contributed by atoms with E-state index in [1.165, 1.54) is 30.3 Å². The predicted molar refractivity (Wildman–Crippen MR) is 117 cm³/mol. The van der Waals surface area contributed by atoms with E-state index in [0.29, 0.717) is 13.1 Å². The number of nitrogens with one attached hydrogen (secondary N) is 1. The van der Waals surface area contributed by atoms with Crippen molar-refractivity contribution >= 4 is 27.5 Å². The van der Waals surface area contributed by atoms with Gasteiger partial charge in [0.2, 0.25) is 10.0 Å². The molecule has 164 valence electrons. The first-order valence-electron chi connectivity index (χ1n) is 9.50. The molecule has 1 N–H and O–H groups in total. The molecule has 1 amide bonds. The van der Waals surface area contributed by atoms with Crippen LogP contribution in [0.5, 0.6) is 0 Å². The molecule has 2 aromatic carbocycles. The normalized spacial score (nSPS) is 11.9. The van der Waals surface area contributed by atoms with E-state index >= 15 is 0 Å². The minimum absolute atomic E-state index is 0.0294. The van der Waals surface area contributed by atoms with Crippen molar-refractivity contribution < 1.29 is 17.6 Å². The van der Waals surface area contributed by atoms with Crippen LogP contribution in [-0.2, 0) is 16.6 Å². The standard InChI is InChI=1S/C21H27ClFN3O3S/c1-15(2)24-30(28,29)18-9-10-20(22)19(13-18)21(27)26(12-11-25(3)4)14-16-5-7-17(23)8-6-16/h5-10,13,15,24H,11-12,14H2,1-4H3. The molecule has 30 heavy (non-hydrogen) atoms. The van der Waals surface area contributed by atoms with E-state index in [2.05, 4.69) is 4.72 Å². The maximum absolute atomic E-state index is 13.3. The molecule has 0 aliphatic rings. The van der Waals surface area contributed by atoms with Gasteiger partial charge in [-0.3, -0.25) is 4.79 Å². The number of likely N-dealkylation sites (N-methyl/N-ethyl adjacent to an activating group) is 1. The smallest absolute Gasteiger partial charge is 0.255 e. The zero-order valence-corrected chi connectivity index (χ0v) is 19.1. The third kappa shape index (κ3) is 6.77. The highest BCUT2D eigenvalue weighted by Crippen LogP contribution is 2.23. The number of benzene rings is 2. The number of hydrogen-bond donors (Lipinski definition) is 1. The van der Waals surface area contributed by atoms with E-state index in [0.717, 1.165) is 5.56 Å². The highest BCUT2D eigenvalue weighted by Gasteiger charge is 2.23. The number of amides is 1. The summed E-state index contributed by atoms with van der Waals surface area (Å²) >= 11 is 6.25. The Morgan fingerprint density at radius 1 is 1.10 bits per heavy atom. The topological polar surface area (TPSA) is 69.7 Å². The minimum atomic E-state index is -3.78. The van der Waals surface area contributed by atoms with Gasteiger partial charge in [-0.05, 0) is 63.8 Å². The molecule has 9 heteroatoms. The van der Waals surface area contributed by atoms with Gasteiger partial charge in [-0.1, -0.05) is 23.7 Å². The summed E-state index contributed by atoms with van der Waals surface area (Å²) in [5.74, 6) is -0.753. The van der Waals surface area contributed by atoms with E-state index in [9.17, 15) is 17.6 Å². The number of carbonyl (C=O) groups excluding carboxylic acids is 1. The van der Waals surface area contributed by atoms with Crippen LogP contribution in [0.2, 0.25) is 5.02 Å². The van der Waals surface area contributed by atoms with Crippen LogP contribution in [0.15, 0.2) is 47.4 Å². The van der Waals surface area contributed by atoms with Gasteiger partial charge < -0.3 is 9.80 Å². The average molecular weight is 456 g/mol. The fourth-order valence-electron chi connectivity index (χ4n) is 2.77. The maximum Gasteiger partial charge on any atom is 0.255 e. The molecule has 0 aliphatic heterocycles. The molecule has 0 spiro atoms. The van der Waals surface area contributed by atoms with E-state index < -0.39 is 15.9 Å². The van der Waals surface area contributed by atoms with Crippen LogP contribution in [0.1, 0.15) is 29.8 Å². The maximum atomic E-state index is 13.3. The molecule has 0 atom stereocenters. The van der Waals surface area contributed by atoms with Crippen LogP contribution in [0.4, 0.5) is 4.39 Å². The summed E-state index contributed by atoms with van der Waals surface area (Å²) < 4.78 is 40.8. The van der Waals surface area contributed by atoms with Crippen molar-refractivity contribution in [2.45, 2.75) is 31.3 Å². The molecule has 0 heterocycles. The van der Waals surface area contributed by atoms with E-state index in [1.54, 1.807) is 30.9 Å². The molecule has 0 saturated carbocycles. The Balaban J connectivity index is 2.38. The summed E-state index contributed by atoms with van der Waals surface area (Å²) in [6.07, 6.45) is 0. The lowest BCUT2D eigenvalue weighted by molar-refractivity contribution is 0.0732. The SMILES string of the molecule is CC(C)NS(=O)(=O)c1ccc(Cl)c(C(=O)N(CCN(C)C)Cc2ccc(F)cc2)c1. The second-order valence-electron chi connectivity index (χ2n) is 7.57. The van der Waals surface area contributed by atoms with Gasteiger partial charge in [0.05, 0.1) is 15.5 Å². The number of carbonyl (C=O) groups is 1. The van der Waals surface area contributed by atoms with Crippen molar-refractivity contribution in [2.75, 3.05) is 27.2 Å². The van der Waals surface area contributed by atoms with Crippen molar-refractivity contribution in [1.29, 1.82) is 0 Å². The largest absolute Gasteiger partial charge is 0.333 e. The first kappa shape index (κ1) is 24.3. The van der Waals surface area contributed by atoms with Gasteiger partial charge >= 0.3 is 0 Å². The van der Waals surface area contributed by atoms with Gasteiger partial charge in [0.15, 0.2) is 0 Å². The molecule has 0 aliphatic carbocycles. The average Bonchev–Trinajstić information content (AvgIpc) is 2.65. The van der Waals surface area contributed by atoms with Gasteiger partial charge in [-0.15, -0.1) is 0 Å². The van der Waals surface area contributed by atoms with Crippen molar-refractivity contribution in [3.05, 3.63) is 64.4 Å². The summed E-state index contributed by atoms with van der Waals surface area (Å²) in [7, 11) is -0.00224. The van der Waals surface area contributed by atoms with E-state index in [1.807, 2.05) is 19.0 Å². The number of rotatable bonds is 9. The Morgan fingerprint density at radius 3 is 2.30 bits per heavy atom. The van der Waals surface area contributed by atoms with Gasteiger partial charge in [0.1, 0.15) is 5.82 Å². The first-order valence-corrected chi connectivity index (χ1v) is 11.4. The predicted octanol–water partition coefficient (Wildman–Crippen LogP) is 3.37. The van der Waals surface area contributed by atoms with Crippen molar-refractivity contribution in [1.82, 2.24) is 14.5 Å². The second-order valence-corrected chi connectivity index (χ2v) is 9.70. The van der Waals surface area contributed by atoms with Crippen molar-refractivity contribution in [3.63, 3.8) is 0 Å². The van der Waals surface area contributed by atoms with Crippen LogP contribution in [-0.4, -0.2) is 57.4 Å². The van der Waals surface area contributed by atoms with Gasteiger partial charge in [-0.2, -0.15) is 0 Å². The summed E-state index contributed by atoms with van der Waals surface area (Å²) in [5.41, 5.74) is 0.856. The molecule has 2 rings (SSSR count). The van der Waals surface area contributed by atoms with Crippen molar-refractivity contribution in [3.8, 4) is 0 Å². The minimum Gasteiger partial charge on any atom is -0.333 e. The zero-order chi connectivity index (χ0) is 22.5. The van der Waals surface area contributed by atoms with Gasteiger partial charge in [-0.25, -0.2) is 17.5 Å².